The van der Waals surface area contributed by atoms with Crippen LogP contribution in [0.5, 0.6) is 0 Å². The minimum atomic E-state index is -6.15. The highest BCUT2D eigenvalue weighted by Crippen LogP contribution is 2.30. The van der Waals surface area contributed by atoms with Crippen LogP contribution in [0, 0.1) is 16.2 Å². The van der Waals surface area contributed by atoms with Crippen molar-refractivity contribution in [2.45, 2.75) is 78.7 Å². The third-order valence-electron chi connectivity index (χ3n) is 10.3. The molecule has 1 N–H and O–H groups in total. The summed E-state index contributed by atoms with van der Waals surface area (Å²) in [5.74, 6) is 0. The van der Waals surface area contributed by atoms with E-state index in [9.17, 15) is 61.1 Å². The van der Waals surface area contributed by atoms with Gasteiger partial charge in [-0.05, 0) is 47.9 Å². The normalized spacial score (nSPS) is 17.7. The highest BCUT2D eigenvalue weighted by molar-refractivity contribution is 9.10. The third kappa shape index (κ3) is 21.7. The molecule has 0 atom stereocenters. The molecule has 3 fully saturated rings. The van der Waals surface area contributed by atoms with E-state index in [1.54, 1.807) is 42.6 Å². The van der Waals surface area contributed by atoms with Crippen LogP contribution in [-0.2, 0) is 55.3 Å². The Morgan fingerprint density at radius 1 is 0.584 bits per heavy atom. The van der Waals surface area contributed by atoms with Gasteiger partial charge in [-0.3, -0.25) is 18.6 Å². The summed E-state index contributed by atoms with van der Waals surface area (Å²) in [6, 6.07) is 16.1. The fourth-order valence-corrected chi connectivity index (χ4v) is 7.82. The summed E-state index contributed by atoms with van der Waals surface area (Å²) < 4.78 is 202. The standard InChI is InChI=1S/C14H16BF3N2O2.C10H20B2O4.C9H6BrF3N2.C7H5BrN2.C3H2F6O3S.HI/c1-13(2)8-21-15(22-9-13)11-3-4-12-10(5-11)6-19-20(12)7-14(16,17)18;1-9(2)5-13-11(14-6-9)12-15-7-10(3,4)8-16-12;10-7-1-2-8-6(3-7)4-14-15(8)5-9(11,12)13;8-6-1-2-7-5(3-6)4-9-10-7;4-2(5,6)1-12-13(10,11)3(7,8)9;/h3-6H,7-9H2,1-2H3;5-8H2,1-4H3;1-4H,5H2;1-4H,(H,9,10);1H2;1H/p-1. The van der Waals surface area contributed by atoms with Crippen molar-refractivity contribution in [2.24, 2.45) is 16.2 Å². The molecular formula is C43H49B3Br2F12IN6O9S-. The van der Waals surface area contributed by atoms with Crippen molar-refractivity contribution < 1.29 is 117 Å². The number of benzene rings is 3. The van der Waals surface area contributed by atoms with Crippen LogP contribution in [0.2, 0.25) is 0 Å². The van der Waals surface area contributed by atoms with Gasteiger partial charge in [-0.15, -0.1) is 0 Å². The zero-order valence-corrected chi connectivity index (χ0v) is 47.7. The lowest BCUT2D eigenvalue weighted by Gasteiger charge is -2.38. The van der Waals surface area contributed by atoms with Crippen molar-refractivity contribution in [3.63, 3.8) is 0 Å². The van der Waals surface area contributed by atoms with Gasteiger partial charge >= 0.3 is 55.3 Å². The molecule has 0 aliphatic carbocycles. The van der Waals surface area contributed by atoms with Gasteiger partial charge in [0.25, 0.3) is 0 Å². The van der Waals surface area contributed by atoms with Crippen molar-refractivity contribution in [1.29, 1.82) is 0 Å². The molecule has 0 unspecified atom stereocenters. The van der Waals surface area contributed by atoms with Crippen LogP contribution in [0.1, 0.15) is 41.5 Å². The molecule has 77 heavy (non-hydrogen) atoms. The number of H-pyrrole nitrogens is 1. The number of rotatable bonds is 6. The molecule has 15 nitrogen and oxygen atoms in total. The first-order valence-corrected chi connectivity index (χ1v) is 25.4. The Morgan fingerprint density at radius 2 is 0.987 bits per heavy atom. The number of halogens is 15. The van der Waals surface area contributed by atoms with Gasteiger partial charge in [0, 0.05) is 81.0 Å². The van der Waals surface area contributed by atoms with Crippen LogP contribution in [-0.4, -0.2) is 130 Å². The van der Waals surface area contributed by atoms with Gasteiger partial charge in [0.2, 0.25) is 0 Å². The van der Waals surface area contributed by atoms with Crippen molar-refractivity contribution in [2.75, 3.05) is 46.2 Å². The fraction of sp³-hybridized carbons (Fsp3) is 0.512. The first-order valence-electron chi connectivity index (χ1n) is 22.4. The highest BCUT2D eigenvalue weighted by Gasteiger charge is 2.50. The molecule has 3 aromatic heterocycles. The van der Waals surface area contributed by atoms with Gasteiger partial charge in [-0.25, -0.2) is 0 Å². The molecule has 3 saturated heterocycles. The molecule has 0 bridgehead atoms. The van der Waals surface area contributed by atoms with E-state index >= 15 is 0 Å². The van der Waals surface area contributed by atoms with E-state index in [2.05, 4.69) is 84.1 Å². The van der Waals surface area contributed by atoms with Crippen molar-refractivity contribution >= 4 is 101 Å². The predicted octanol–water partition coefficient (Wildman–Crippen LogP) is 7.66. The van der Waals surface area contributed by atoms with E-state index < -0.39 is 61.0 Å². The zero-order valence-electron chi connectivity index (χ0n) is 41.5. The molecule has 3 aliphatic heterocycles. The highest BCUT2D eigenvalue weighted by atomic mass is 127. The van der Waals surface area contributed by atoms with Crippen molar-refractivity contribution in [3.05, 3.63) is 82.1 Å². The second kappa shape index (κ2) is 26.6. The Balaban J connectivity index is 0.000000212. The monoisotopic (exact) mass is 1370 g/mol. The number of aromatic nitrogens is 6. The van der Waals surface area contributed by atoms with Gasteiger partial charge in [0.1, 0.15) is 13.1 Å². The smallest absolute Gasteiger partial charge is 0.523 e. The summed E-state index contributed by atoms with van der Waals surface area (Å²) in [6.45, 7) is 11.8. The molecule has 3 aromatic carbocycles. The largest absolute Gasteiger partial charge is 1.00 e. The van der Waals surface area contributed by atoms with Gasteiger partial charge in [0.15, 0.2) is 6.61 Å². The molecule has 0 spiro atoms. The van der Waals surface area contributed by atoms with Gasteiger partial charge in [-0.1, -0.05) is 85.5 Å². The lowest BCUT2D eigenvalue weighted by molar-refractivity contribution is -0.156. The molecule has 0 radical (unpaired) electrons. The molecule has 0 amide bonds. The van der Waals surface area contributed by atoms with E-state index in [4.69, 9.17) is 27.9 Å². The quantitative estimate of drug-likeness (QED) is 0.0571. The van der Waals surface area contributed by atoms with Crippen LogP contribution < -0.4 is 29.4 Å². The molecule has 6 aromatic rings. The number of hydrogen-bond donors (Lipinski definition) is 1. The first-order chi connectivity index (χ1) is 34.9. The van der Waals surface area contributed by atoms with Gasteiger partial charge < -0.3 is 51.9 Å². The first kappa shape index (κ1) is 66.3. The summed E-state index contributed by atoms with van der Waals surface area (Å²) in [5.41, 5.74) is -2.91. The maximum atomic E-state index is 12.5. The topological polar surface area (TPSA) is 163 Å². The Kier molecular flexibility index (Phi) is 22.9. The van der Waals surface area contributed by atoms with Crippen LogP contribution >= 0.6 is 31.9 Å². The van der Waals surface area contributed by atoms with Crippen LogP contribution in [0.15, 0.2) is 82.1 Å². The number of alkyl halides is 12. The van der Waals surface area contributed by atoms with Crippen LogP contribution in [0.3, 0.4) is 0 Å². The number of aromatic amines is 1. The Labute approximate surface area is 468 Å². The average molecular weight is 1370 g/mol. The van der Waals surface area contributed by atoms with E-state index in [1.807, 2.05) is 32.0 Å². The predicted molar refractivity (Wildman–Crippen MR) is 264 cm³/mol. The molecule has 9 rings (SSSR count). The van der Waals surface area contributed by atoms with E-state index in [-0.39, 0.29) is 54.2 Å². The summed E-state index contributed by atoms with van der Waals surface area (Å²) in [4.78, 5) is 0. The zero-order chi connectivity index (χ0) is 56.7. The number of nitrogens with zero attached hydrogens (tertiary/aromatic N) is 5. The van der Waals surface area contributed by atoms with Gasteiger partial charge in [0.05, 0.1) is 35.1 Å². The summed E-state index contributed by atoms with van der Waals surface area (Å²) in [5, 5.41) is 16.7. The summed E-state index contributed by atoms with van der Waals surface area (Å²) in [6.07, 6.45) is -9.01. The number of nitrogens with one attached hydrogen (secondary N) is 1. The van der Waals surface area contributed by atoms with E-state index in [0.717, 1.165) is 34.7 Å². The molecule has 6 heterocycles. The summed E-state index contributed by atoms with van der Waals surface area (Å²) >= 11 is 6.62. The van der Waals surface area contributed by atoms with E-state index in [0.29, 0.717) is 61.4 Å². The second-order valence-electron chi connectivity index (χ2n) is 19.7. The Hall–Kier alpha value is -3.22. The Morgan fingerprint density at radius 3 is 1.42 bits per heavy atom. The average Bonchev–Trinajstić information content (AvgIpc) is 4.03. The minimum Gasteiger partial charge on any atom is -1.00 e. The molecule has 34 heteroatoms. The summed E-state index contributed by atoms with van der Waals surface area (Å²) in [7, 11) is -7.38. The maximum absolute atomic E-state index is 12.5. The molecule has 3 aliphatic rings. The Bertz CT molecular complexity index is 2910. The second-order valence-corrected chi connectivity index (χ2v) is 23.1. The van der Waals surface area contributed by atoms with Gasteiger partial charge in [-0.2, -0.15) is 76.4 Å². The maximum Gasteiger partial charge on any atom is 0.523 e. The minimum absolute atomic E-state index is 0. The van der Waals surface area contributed by atoms with Crippen molar-refractivity contribution in [1.82, 2.24) is 29.8 Å². The van der Waals surface area contributed by atoms with Crippen LogP contribution in [0.4, 0.5) is 52.7 Å². The third-order valence-corrected chi connectivity index (χ3v) is 12.3. The van der Waals surface area contributed by atoms with Crippen molar-refractivity contribution in [3.8, 4) is 0 Å². The SMILES string of the molecule is Brc1ccc2[nH]ncc2c1.CC1(C)COB(B2OCC(C)(C)CO2)OC1.CC1(C)COB(c2ccc3c(cnn3CC(F)(F)F)c2)OC1.FC(F)(F)Cn1ncc2cc(Br)ccc21.O=S(=O)(OCC(F)(F)F)C(F)(F)F.[I-]. The number of fused-ring (bicyclic) bond motifs is 3. The number of hydrogen-bond acceptors (Lipinski definition) is 12. The molecular weight excluding hydrogens is 1320 g/mol. The fourth-order valence-electron chi connectivity index (χ4n) is 6.64. The van der Waals surface area contributed by atoms with E-state index in [1.165, 1.54) is 12.4 Å². The molecule has 426 valence electrons. The van der Waals surface area contributed by atoms with Crippen LogP contribution in [0.25, 0.3) is 32.7 Å². The lowest BCUT2D eigenvalue weighted by Crippen LogP contribution is -3.00. The molecule has 0 saturated carbocycles. The lowest BCUT2D eigenvalue weighted by atomic mass is 9.47.